The molecule has 1 fully saturated rings. The molecular weight excluding hydrogens is 239 g/mol. The van der Waals surface area contributed by atoms with Crippen LogP contribution in [0.5, 0.6) is 0 Å². The minimum atomic E-state index is -0.542. The van der Waals surface area contributed by atoms with Crippen molar-refractivity contribution >= 4 is 7.12 Å². The van der Waals surface area contributed by atoms with Crippen LogP contribution in [0.15, 0.2) is 24.3 Å². The maximum Gasteiger partial charge on any atom is 0.480 e. The number of nitrogens with zero attached hydrogens (tertiary/aromatic N) is 1. The molecule has 1 aliphatic heterocycles. The molecule has 0 unspecified atom stereocenters. The van der Waals surface area contributed by atoms with E-state index in [4.69, 9.17) is 20.3 Å². The van der Waals surface area contributed by atoms with E-state index >= 15 is 0 Å². The van der Waals surface area contributed by atoms with Crippen LogP contribution >= 0.6 is 0 Å². The molecule has 19 heavy (non-hydrogen) atoms. The molecule has 1 aromatic rings. The van der Waals surface area contributed by atoms with Gasteiger partial charge in [-0.3, -0.25) is 0 Å². The largest absolute Gasteiger partial charge is 0.480 e. The Bertz CT molecular complexity index is 506. The first kappa shape index (κ1) is 14.1. The fraction of sp³-hybridized carbons (Fsp3) is 0.500. The summed E-state index contributed by atoms with van der Waals surface area (Å²) in [6.07, 6.45) is 0. The van der Waals surface area contributed by atoms with Gasteiger partial charge in [-0.1, -0.05) is 18.2 Å². The van der Waals surface area contributed by atoms with Crippen molar-refractivity contribution in [1.29, 1.82) is 5.26 Å². The van der Waals surface area contributed by atoms with Crippen molar-refractivity contribution in [2.45, 2.75) is 44.8 Å². The Hall–Kier alpha value is -1.35. The number of rotatable bonds is 2. The van der Waals surface area contributed by atoms with Crippen LogP contribution in [0.4, 0.5) is 0 Å². The zero-order valence-corrected chi connectivity index (χ0v) is 11.8. The van der Waals surface area contributed by atoms with Crippen LogP contribution < -0.4 is 5.73 Å². The fourth-order valence-electron chi connectivity index (χ4n) is 2.07. The number of nitriles is 1. The van der Waals surface area contributed by atoms with E-state index in [2.05, 4.69) is 6.07 Å². The van der Waals surface area contributed by atoms with Gasteiger partial charge in [0.15, 0.2) is 0 Å². The molecule has 1 saturated heterocycles. The standard InChI is InChI=1S/C14H19BN2O2/c1-13(2)14(3,4)19-15(18-13)12(17)11-8-6-5-7-10(11)9-16/h5-8,12H,17H2,1-4H3/t12-/m1/s1. The fourth-order valence-corrected chi connectivity index (χ4v) is 2.07. The lowest BCUT2D eigenvalue weighted by Crippen LogP contribution is -2.41. The summed E-state index contributed by atoms with van der Waals surface area (Å²) in [5.74, 6) is -0.475. The van der Waals surface area contributed by atoms with Gasteiger partial charge in [-0.2, -0.15) is 5.26 Å². The zero-order chi connectivity index (χ0) is 14.3. The maximum absolute atomic E-state index is 9.13. The van der Waals surface area contributed by atoms with Gasteiger partial charge in [0.1, 0.15) is 0 Å². The molecule has 0 aliphatic carbocycles. The Kier molecular flexibility index (Phi) is 3.44. The van der Waals surface area contributed by atoms with Gasteiger partial charge in [0.25, 0.3) is 0 Å². The van der Waals surface area contributed by atoms with Crippen molar-refractivity contribution in [3.05, 3.63) is 35.4 Å². The van der Waals surface area contributed by atoms with Crippen LogP contribution in [0.3, 0.4) is 0 Å². The third-order valence-corrected chi connectivity index (χ3v) is 4.01. The van der Waals surface area contributed by atoms with Crippen LogP contribution in [-0.4, -0.2) is 18.3 Å². The van der Waals surface area contributed by atoms with Crippen molar-refractivity contribution in [2.24, 2.45) is 5.73 Å². The van der Waals surface area contributed by atoms with Crippen LogP contribution in [0, 0.1) is 11.3 Å². The minimum absolute atomic E-state index is 0.420. The van der Waals surface area contributed by atoms with Crippen molar-refractivity contribution in [2.75, 3.05) is 0 Å². The molecule has 100 valence electrons. The second-order valence-electron chi connectivity index (χ2n) is 5.85. The number of nitrogens with two attached hydrogens (primary N) is 1. The Labute approximate surface area is 114 Å². The predicted octanol–water partition coefficient (Wildman–Crippen LogP) is 2.19. The van der Waals surface area contributed by atoms with E-state index in [9.17, 15) is 0 Å². The van der Waals surface area contributed by atoms with E-state index < -0.39 is 24.3 Å². The van der Waals surface area contributed by atoms with Gasteiger partial charge in [-0.25, -0.2) is 0 Å². The molecule has 0 saturated carbocycles. The van der Waals surface area contributed by atoms with Gasteiger partial charge in [0, 0.05) is 0 Å². The average Bonchev–Trinajstić information content (AvgIpc) is 2.57. The lowest BCUT2D eigenvalue weighted by atomic mass is 9.73. The van der Waals surface area contributed by atoms with E-state index in [1.165, 1.54) is 0 Å². The Morgan fingerprint density at radius 3 is 2.21 bits per heavy atom. The van der Waals surface area contributed by atoms with Crippen molar-refractivity contribution in [1.82, 2.24) is 0 Å². The van der Waals surface area contributed by atoms with Gasteiger partial charge in [0.2, 0.25) is 0 Å². The summed E-state index contributed by atoms with van der Waals surface area (Å²) in [5.41, 5.74) is 6.69. The molecule has 2 N–H and O–H groups in total. The molecule has 0 spiro atoms. The first-order chi connectivity index (χ1) is 8.78. The molecule has 1 atom stereocenters. The summed E-state index contributed by atoms with van der Waals surface area (Å²) in [6.45, 7) is 7.93. The van der Waals surface area contributed by atoms with Gasteiger partial charge in [-0.15, -0.1) is 0 Å². The van der Waals surface area contributed by atoms with Crippen molar-refractivity contribution in [3.8, 4) is 6.07 Å². The Morgan fingerprint density at radius 1 is 1.16 bits per heavy atom. The molecule has 2 rings (SSSR count). The Morgan fingerprint density at radius 2 is 1.68 bits per heavy atom. The number of hydrogen-bond donors (Lipinski definition) is 1. The third kappa shape index (κ3) is 2.39. The molecule has 1 aromatic carbocycles. The summed E-state index contributed by atoms with van der Waals surface area (Å²) in [4.78, 5) is 0. The topological polar surface area (TPSA) is 68.3 Å². The van der Waals surface area contributed by atoms with E-state index in [-0.39, 0.29) is 0 Å². The molecule has 0 bridgehead atoms. The molecule has 5 heteroatoms. The van der Waals surface area contributed by atoms with E-state index in [1.54, 1.807) is 6.07 Å². The molecule has 0 radical (unpaired) electrons. The van der Waals surface area contributed by atoms with E-state index in [1.807, 2.05) is 45.9 Å². The molecular formula is C14H19BN2O2. The summed E-state index contributed by atoms with van der Waals surface area (Å²) in [7, 11) is -0.542. The highest BCUT2D eigenvalue weighted by molar-refractivity contribution is 6.47. The van der Waals surface area contributed by atoms with Crippen molar-refractivity contribution in [3.63, 3.8) is 0 Å². The first-order valence-corrected chi connectivity index (χ1v) is 6.39. The predicted molar refractivity (Wildman–Crippen MR) is 74.2 cm³/mol. The lowest BCUT2D eigenvalue weighted by molar-refractivity contribution is 0.00578. The monoisotopic (exact) mass is 258 g/mol. The first-order valence-electron chi connectivity index (χ1n) is 6.39. The molecule has 4 nitrogen and oxygen atoms in total. The highest BCUT2D eigenvalue weighted by Crippen LogP contribution is 2.39. The summed E-state index contributed by atoms with van der Waals surface area (Å²) < 4.78 is 11.8. The highest BCUT2D eigenvalue weighted by Gasteiger charge is 2.53. The summed E-state index contributed by atoms with van der Waals surface area (Å²) >= 11 is 0. The Balaban J connectivity index is 2.28. The quantitative estimate of drug-likeness (QED) is 0.825. The van der Waals surface area contributed by atoms with Crippen LogP contribution in [0.2, 0.25) is 0 Å². The molecule has 0 aromatic heterocycles. The normalized spacial score (nSPS) is 22.0. The SMILES string of the molecule is CC1(C)OB([C@H](N)c2ccccc2C#N)OC1(C)C. The number of benzene rings is 1. The number of hydrogen-bond acceptors (Lipinski definition) is 4. The van der Waals surface area contributed by atoms with E-state index in [0.29, 0.717) is 5.56 Å². The van der Waals surface area contributed by atoms with E-state index in [0.717, 1.165) is 5.56 Å². The third-order valence-electron chi connectivity index (χ3n) is 4.01. The van der Waals surface area contributed by atoms with Gasteiger partial charge >= 0.3 is 7.12 Å². The second kappa shape index (κ2) is 4.64. The van der Waals surface area contributed by atoms with Gasteiger partial charge < -0.3 is 15.0 Å². The smallest absolute Gasteiger partial charge is 0.402 e. The highest BCUT2D eigenvalue weighted by atomic mass is 16.7. The van der Waals surface area contributed by atoms with Crippen LogP contribution in [-0.2, 0) is 9.31 Å². The lowest BCUT2D eigenvalue weighted by Gasteiger charge is -2.32. The maximum atomic E-state index is 9.13. The molecule has 0 amide bonds. The van der Waals surface area contributed by atoms with Crippen LogP contribution in [0.1, 0.15) is 44.8 Å². The van der Waals surface area contributed by atoms with Crippen LogP contribution in [0.25, 0.3) is 0 Å². The summed E-state index contributed by atoms with van der Waals surface area (Å²) in [5, 5.41) is 9.13. The summed E-state index contributed by atoms with van der Waals surface area (Å²) in [6, 6.07) is 9.42. The second-order valence-corrected chi connectivity index (χ2v) is 5.85. The molecule has 1 heterocycles. The molecule has 1 aliphatic rings. The zero-order valence-electron chi connectivity index (χ0n) is 11.8. The van der Waals surface area contributed by atoms with Crippen molar-refractivity contribution < 1.29 is 9.31 Å². The van der Waals surface area contributed by atoms with Gasteiger partial charge in [-0.05, 0) is 39.3 Å². The minimum Gasteiger partial charge on any atom is -0.402 e. The average molecular weight is 258 g/mol. The van der Waals surface area contributed by atoms with Gasteiger partial charge in [0.05, 0.1) is 28.8 Å².